The number of nitrogens with zero attached hydrogens (tertiary/aromatic N) is 5. The number of carbonyl (C=O) groups excluding carboxylic acids is 1. The van der Waals surface area contributed by atoms with Gasteiger partial charge in [-0.3, -0.25) is 9.59 Å². The number of anilines is 2. The summed E-state index contributed by atoms with van der Waals surface area (Å²) in [4.78, 5) is 36.4. The van der Waals surface area contributed by atoms with Crippen molar-refractivity contribution in [3.63, 3.8) is 0 Å². The molecule has 0 radical (unpaired) electrons. The Kier molecular flexibility index (Phi) is 5.08. The number of carbonyl (C=O) groups is 1. The molecule has 0 aliphatic carbocycles. The van der Waals surface area contributed by atoms with Gasteiger partial charge in [-0.25, -0.2) is 9.97 Å². The standard InChI is InChI=1S/C19H22N6O2S/c1-3-14-10-16(26)25-18(21-14)28-19(23-25)24-9-5-7-13(11-24)17(27)22-15-8-4-6-12(2)20-15/h4,6,8,10,13H,3,5,7,9,11H2,1-2H3,(H,20,22,27). The van der Waals surface area contributed by atoms with E-state index in [1.54, 1.807) is 6.07 Å². The molecule has 1 unspecified atom stereocenters. The Morgan fingerprint density at radius 2 is 2.21 bits per heavy atom. The number of nitrogens with one attached hydrogen (secondary N) is 1. The molecule has 1 amide bonds. The molecule has 1 fully saturated rings. The van der Waals surface area contributed by atoms with Crippen LogP contribution in [-0.4, -0.2) is 38.6 Å². The van der Waals surface area contributed by atoms with Crippen LogP contribution >= 0.6 is 11.3 Å². The van der Waals surface area contributed by atoms with Crippen LogP contribution in [0.2, 0.25) is 0 Å². The molecule has 9 heteroatoms. The van der Waals surface area contributed by atoms with E-state index in [1.165, 1.54) is 21.9 Å². The summed E-state index contributed by atoms with van der Waals surface area (Å²) < 4.78 is 1.35. The van der Waals surface area contributed by atoms with Crippen LogP contribution in [0, 0.1) is 12.8 Å². The van der Waals surface area contributed by atoms with E-state index in [0.29, 0.717) is 23.7 Å². The van der Waals surface area contributed by atoms with E-state index in [9.17, 15) is 9.59 Å². The highest BCUT2D eigenvalue weighted by atomic mass is 32.1. The van der Waals surface area contributed by atoms with Crippen molar-refractivity contribution in [3.05, 3.63) is 46.0 Å². The van der Waals surface area contributed by atoms with E-state index < -0.39 is 0 Å². The predicted octanol–water partition coefficient (Wildman–Crippen LogP) is 2.27. The Morgan fingerprint density at radius 1 is 1.36 bits per heavy atom. The summed E-state index contributed by atoms with van der Waals surface area (Å²) in [5.74, 6) is 0.386. The van der Waals surface area contributed by atoms with Crippen molar-refractivity contribution in [2.45, 2.75) is 33.1 Å². The van der Waals surface area contributed by atoms with Gasteiger partial charge in [0.15, 0.2) is 0 Å². The van der Waals surface area contributed by atoms with Crippen molar-refractivity contribution < 1.29 is 4.79 Å². The Labute approximate surface area is 166 Å². The topological polar surface area (TPSA) is 92.5 Å². The maximum Gasteiger partial charge on any atom is 0.275 e. The van der Waals surface area contributed by atoms with E-state index in [4.69, 9.17) is 0 Å². The first kappa shape index (κ1) is 18.5. The summed E-state index contributed by atoms with van der Waals surface area (Å²) in [7, 11) is 0. The fraction of sp³-hybridized carbons (Fsp3) is 0.421. The largest absolute Gasteiger partial charge is 0.346 e. The number of amides is 1. The van der Waals surface area contributed by atoms with Gasteiger partial charge in [0, 0.05) is 30.5 Å². The second-order valence-corrected chi connectivity index (χ2v) is 7.89. The second-order valence-electron chi connectivity index (χ2n) is 6.96. The summed E-state index contributed by atoms with van der Waals surface area (Å²) in [5.41, 5.74) is 1.46. The molecular formula is C19H22N6O2S. The number of aryl methyl sites for hydroxylation is 2. The van der Waals surface area contributed by atoms with Crippen LogP contribution in [0.4, 0.5) is 10.9 Å². The zero-order valence-electron chi connectivity index (χ0n) is 15.9. The summed E-state index contributed by atoms with van der Waals surface area (Å²) in [6.45, 7) is 5.23. The molecule has 1 N–H and O–H groups in total. The average Bonchev–Trinajstić information content (AvgIpc) is 3.13. The van der Waals surface area contributed by atoms with Gasteiger partial charge in [0.2, 0.25) is 16.0 Å². The number of hydrogen-bond donors (Lipinski definition) is 1. The molecule has 28 heavy (non-hydrogen) atoms. The van der Waals surface area contributed by atoms with Crippen molar-refractivity contribution >= 4 is 33.2 Å². The zero-order valence-corrected chi connectivity index (χ0v) is 16.7. The van der Waals surface area contributed by atoms with Crippen LogP contribution in [0.25, 0.3) is 4.96 Å². The molecule has 0 aromatic carbocycles. The maximum absolute atomic E-state index is 12.7. The first-order valence-corrected chi connectivity index (χ1v) is 10.2. The Morgan fingerprint density at radius 3 is 3.00 bits per heavy atom. The molecule has 1 aliphatic rings. The van der Waals surface area contributed by atoms with Crippen molar-refractivity contribution in [1.29, 1.82) is 0 Å². The monoisotopic (exact) mass is 398 g/mol. The number of pyridine rings is 1. The lowest BCUT2D eigenvalue weighted by Gasteiger charge is -2.31. The number of rotatable bonds is 4. The molecule has 3 aromatic rings. The van der Waals surface area contributed by atoms with Gasteiger partial charge in [-0.1, -0.05) is 24.3 Å². The molecule has 146 valence electrons. The highest BCUT2D eigenvalue weighted by Crippen LogP contribution is 2.27. The van der Waals surface area contributed by atoms with Crippen molar-refractivity contribution in [2.24, 2.45) is 5.92 Å². The molecular weight excluding hydrogens is 376 g/mol. The molecule has 3 aromatic heterocycles. The van der Waals surface area contributed by atoms with Crippen LogP contribution in [-0.2, 0) is 11.2 Å². The molecule has 8 nitrogen and oxygen atoms in total. The molecule has 0 saturated carbocycles. The number of piperidine rings is 1. The van der Waals surface area contributed by atoms with Gasteiger partial charge in [-0.15, -0.1) is 5.10 Å². The van der Waals surface area contributed by atoms with Crippen molar-refractivity contribution in [1.82, 2.24) is 19.6 Å². The van der Waals surface area contributed by atoms with E-state index >= 15 is 0 Å². The third-order valence-corrected chi connectivity index (χ3v) is 5.82. The van der Waals surface area contributed by atoms with Gasteiger partial charge in [0.1, 0.15) is 5.82 Å². The molecule has 1 saturated heterocycles. The Balaban J connectivity index is 1.52. The number of aromatic nitrogens is 4. The molecule has 4 rings (SSSR count). The van der Waals surface area contributed by atoms with E-state index in [1.807, 2.05) is 26.0 Å². The van der Waals surface area contributed by atoms with E-state index in [-0.39, 0.29) is 17.4 Å². The van der Waals surface area contributed by atoms with E-state index in [2.05, 4.69) is 25.3 Å². The van der Waals surface area contributed by atoms with Crippen molar-refractivity contribution in [3.8, 4) is 0 Å². The first-order chi connectivity index (χ1) is 13.5. The van der Waals surface area contributed by atoms with Gasteiger partial charge in [-0.05, 0) is 38.3 Å². The quantitative estimate of drug-likeness (QED) is 0.725. The average molecular weight is 398 g/mol. The Bertz CT molecular complexity index is 1080. The minimum absolute atomic E-state index is 0.0347. The summed E-state index contributed by atoms with van der Waals surface area (Å²) in [6.07, 6.45) is 2.41. The maximum atomic E-state index is 12.7. The van der Waals surface area contributed by atoms with Crippen LogP contribution in [0.1, 0.15) is 31.2 Å². The Hall–Kier alpha value is -2.81. The summed E-state index contributed by atoms with van der Waals surface area (Å²) in [6, 6.07) is 7.09. The minimum atomic E-state index is -0.166. The van der Waals surface area contributed by atoms with Gasteiger partial charge >= 0.3 is 0 Å². The third kappa shape index (κ3) is 3.75. The van der Waals surface area contributed by atoms with Gasteiger partial charge in [-0.2, -0.15) is 4.52 Å². The lowest BCUT2D eigenvalue weighted by Crippen LogP contribution is -2.41. The molecule has 4 heterocycles. The van der Waals surface area contributed by atoms with Crippen LogP contribution in [0.15, 0.2) is 29.1 Å². The number of hydrogen-bond acceptors (Lipinski definition) is 7. The third-order valence-electron chi connectivity index (χ3n) is 4.85. The lowest BCUT2D eigenvalue weighted by atomic mass is 9.97. The van der Waals surface area contributed by atoms with E-state index in [0.717, 1.165) is 35.9 Å². The van der Waals surface area contributed by atoms with Crippen LogP contribution in [0.3, 0.4) is 0 Å². The summed E-state index contributed by atoms with van der Waals surface area (Å²) in [5, 5.41) is 8.08. The lowest BCUT2D eigenvalue weighted by molar-refractivity contribution is -0.120. The van der Waals surface area contributed by atoms with Gasteiger partial charge in [0.25, 0.3) is 5.56 Å². The first-order valence-electron chi connectivity index (χ1n) is 9.43. The van der Waals surface area contributed by atoms with Crippen molar-refractivity contribution in [2.75, 3.05) is 23.3 Å². The highest BCUT2D eigenvalue weighted by Gasteiger charge is 2.28. The minimum Gasteiger partial charge on any atom is -0.346 e. The second kappa shape index (κ2) is 7.67. The highest BCUT2D eigenvalue weighted by molar-refractivity contribution is 7.20. The fourth-order valence-electron chi connectivity index (χ4n) is 3.36. The predicted molar refractivity (Wildman–Crippen MR) is 109 cm³/mol. The van der Waals surface area contributed by atoms with Crippen LogP contribution < -0.4 is 15.8 Å². The summed E-state index contributed by atoms with van der Waals surface area (Å²) >= 11 is 1.39. The SMILES string of the molecule is CCc1cc(=O)n2nc(N3CCCC(C(=O)Nc4cccc(C)n4)C3)sc2n1. The fourth-order valence-corrected chi connectivity index (χ4v) is 4.32. The molecule has 1 atom stereocenters. The van der Waals surface area contributed by atoms with Gasteiger partial charge < -0.3 is 10.2 Å². The molecule has 0 spiro atoms. The molecule has 0 bridgehead atoms. The zero-order chi connectivity index (χ0) is 19.7. The van der Waals surface area contributed by atoms with Gasteiger partial charge in [0.05, 0.1) is 5.92 Å². The number of fused-ring (bicyclic) bond motifs is 1. The smallest absolute Gasteiger partial charge is 0.275 e. The van der Waals surface area contributed by atoms with Crippen LogP contribution in [0.5, 0.6) is 0 Å². The molecule has 1 aliphatic heterocycles. The normalized spacial score (nSPS) is 17.1.